The predicted molar refractivity (Wildman–Crippen MR) is 81.0 cm³/mol. The van der Waals surface area contributed by atoms with Gasteiger partial charge in [0.05, 0.1) is 0 Å². The van der Waals surface area contributed by atoms with Crippen LogP contribution in [0.2, 0.25) is 0 Å². The number of carbonyl (C=O) groups is 1. The van der Waals surface area contributed by atoms with Gasteiger partial charge in [-0.3, -0.25) is 4.79 Å². The highest BCUT2D eigenvalue weighted by Gasteiger charge is 1.91. The Morgan fingerprint density at radius 2 is 1.89 bits per heavy atom. The zero-order chi connectivity index (χ0) is 13.8. The van der Waals surface area contributed by atoms with Crippen LogP contribution >= 0.6 is 0 Å². The molecule has 1 rings (SSSR count). The van der Waals surface area contributed by atoms with E-state index >= 15 is 0 Å². The van der Waals surface area contributed by atoms with Crippen molar-refractivity contribution in [2.24, 2.45) is 0 Å². The minimum atomic E-state index is -0.0625. The maximum Gasteiger partial charge on any atom is 0.243 e. The smallest absolute Gasteiger partial charge is 0.243 e. The molecule has 0 aliphatic heterocycles. The molecule has 1 amide bonds. The lowest BCUT2D eigenvalue weighted by atomic mass is 10.1. The lowest BCUT2D eigenvalue weighted by Crippen LogP contribution is -2.13. The van der Waals surface area contributed by atoms with E-state index in [4.69, 9.17) is 0 Å². The van der Waals surface area contributed by atoms with Crippen LogP contribution in [0.1, 0.15) is 31.2 Å². The summed E-state index contributed by atoms with van der Waals surface area (Å²) in [4.78, 5) is 10.9. The average molecular weight is 257 g/mol. The first-order valence-corrected chi connectivity index (χ1v) is 6.92. The number of hydrogen-bond acceptors (Lipinski definition) is 1. The van der Waals surface area contributed by atoms with Gasteiger partial charge >= 0.3 is 0 Å². The monoisotopic (exact) mass is 257 g/mol. The molecule has 0 fully saturated rings. The fourth-order valence-electron chi connectivity index (χ4n) is 1.81. The largest absolute Gasteiger partial charge is 0.356 e. The molecule has 0 aliphatic carbocycles. The number of benzene rings is 1. The summed E-state index contributed by atoms with van der Waals surface area (Å²) in [5.74, 6) is -0.0625. The summed E-state index contributed by atoms with van der Waals surface area (Å²) >= 11 is 0. The van der Waals surface area contributed by atoms with Crippen LogP contribution in [0.3, 0.4) is 0 Å². The Morgan fingerprint density at radius 3 is 2.63 bits per heavy atom. The van der Waals surface area contributed by atoms with E-state index in [-0.39, 0.29) is 5.91 Å². The highest BCUT2D eigenvalue weighted by Crippen LogP contribution is 2.07. The Kier molecular flexibility index (Phi) is 8.12. The number of unbranched alkanes of at least 4 members (excludes halogenated alkanes) is 3. The van der Waals surface area contributed by atoms with Crippen LogP contribution in [-0.4, -0.2) is 13.0 Å². The summed E-state index contributed by atoms with van der Waals surface area (Å²) in [5, 5.41) is 2.54. The Hall–Kier alpha value is -1.83. The van der Waals surface area contributed by atoms with Gasteiger partial charge in [-0.25, -0.2) is 0 Å². The lowest BCUT2D eigenvalue weighted by molar-refractivity contribution is -0.116. The SMILES string of the molecule is CNC(=O)/C=C/C=C/CCCCCc1ccccc1. The third-order valence-corrected chi connectivity index (χ3v) is 2.92. The third-order valence-electron chi connectivity index (χ3n) is 2.92. The van der Waals surface area contributed by atoms with Crippen molar-refractivity contribution in [2.45, 2.75) is 32.1 Å². The fraction of sp³-hybridized carbons (Fsp3) is 0.353. The van der Waals surface area contributed by atoms with Crippen molar-refractivity contribution in [2.75, 3.05) is 7.05 Å². The summed E-state index contributed by atoms with van der Waals surface area (Å²) in [6.07, 6.45) is 13.3. The van der Waals surface area contributed by atoms with Crippen LogP contribution in [0.15, 0.2) is 54.6 Å². The van der Waals surface area contributed by atoms with E-state index in [1.54, 1.807) is 13.1 Å². The molecule has 0 saturated heterocycles. The summed E-state index contributed by atoms with van der Waals surface area (Å²) in [5.41, 5.74) is 1.42. The van der Waals surface area contributed by atoms with E-state index in [1.807, 2.05) is 6.08 Å². The van der Waals surface area contributed by atoms with Crippen molar-refractivity contribution in [1.29, 1.82) is 0 Å². The molecule has 0 aromatic heterocycles. The quantitative estimate of drug-likeness (QED) is 0.430. The van der Waals surface area contributed by atoms with Gasteiger partial charge in [-0.05, 0) is 31.2 Å². The van der Waals surface area contributed by atoms with Gasteiger partial charge in [0.15, 0.2) is 0 Å². The van der Waals surface area contributed by atoms with Gasteiger partial charge in [-0.15, -0.1) is 0 Å². The van der Waals surface area contributed by atoms with Crippen LogP contribution in [0, 0.1) is 0 Å². The first-order chi connectivity index (χ1) is 9.33. The summed E-state index contributed by atoms with van der Waals surface area (Å²) in [6, 6.07) is 10.6. The Labute approximate surface area is 116 Å². The van der Waals surface area contributed by atoms with Crippen molar-refractivity contribution in [3.8, 4) is 0 Å². The molecule has 1 aromatic carbocycles. The van der Waals surface area contributed by atoms with Gasteiger partial charge < -0.3 is 5.32 Å². The normalized spacial score (nSPS) is 11.2. The maximum atomic E-state index is 10.9. The van der Waals surface area contributed by atoms with Gasteiger partial charge in [0.1, 0.15) is 0 Å². The van der Waals surface area contributed by atoms with Gasteiger partial charge in [-0.1, -0.05) is 55.0 Å². The second-order valence-corrected chi connectivity index (χ2v) is 4.49. The molecule has 0 bridgehead atoms. The fourth-order valence-corrected chi connectivity index (χ4v) is 1.81. The molecule has 2 nitrogen and oxygen atoms in total. The Balaban J connectivity index is 2.01. The number of allylic oxidation sites excluding steroid dienone is 3. The van der Waals surface area contributed by atoms with E-state index in [2.05, 4.69) is 41.7 Å². The second kappa shape index (κ2) is 10.1. The molecular formula is C17H23NO. The van der Waals surface area contributed by atoms with Crippen molar-refractivity contribution < 1.29 is 4.79 Å². The standard InChI is InChI=1S/C17H23NO/c1-18-17(19)15-11-6-4-2-3-5-8-12-16-13-9-7-10-14-16/h4,6-7,9-11,13-15H,2-3,5,8,12H2,1H3,(H,18,19)/b6-4+,15-11+. The van der Waals surface area contributed by atoms with Gasteiger partial charge in [-0.2, -0.15) is 0 Å². The lowest BCUT2D eigenvalue weighted by Gasteiger charge is -2.00. The van der Waals surface area contributed by atoms with Crippen LogP contribution in [0.25, 0.3) is 0 Å². The number of likely N-dealkylation sites (N-methyl/N-ethyl adjacent to an activating group) is 1. The molecule has 2 heteroatoms. The van der Waals surface area contributed by atoms with Crippen LogP contribution in [0.5, 0.6) is 0 Å². The van der Waals surface area contributed by atoms with E-state index in [0.717, 1.165) is 6.42 Å². The highest BCUT2D eigenvalue weighted by atomic mass is 16.1. The molecule has 0 spiro atoms. The number of hydrogen-bond donors (Lipinski definition) is 1. The zero-order valence-corrected chi connectivity index (χ0v) is 11.6. The second-order valence-electron chi connectivity index (χ2n) is 4.49. The van der Waals surface area contributed by atoms with Gasteiger partial charge in [0.2, 0.25) is 5.91 Å². The number of nitrogens with one attached hydrogen (secondary N) is 1. The van der Waals surface area contributed by atoms with Crippen molar-refractivity contribution in [3.05, 3.63) is 60.2 Å². The van der Waals surface area contributed by atoms with Crippen LogP contribution < -0.4 is 5.32 Å². The Morgan fingerprint density at radius 1 is 1.11 bits per heavy atom. The van der Waals surface area contributed by atoms with E-state index in [1.165, 1.54) is 37.3 Å². The highest BCUT2D eigenvalue weighted by molar-refractivity contribution is 5.87. The first kappa shape index (κ1) is 15.2. The summed E-state index contributed by atoms with van der Waals surface area (Å²) < 4.78 is 0. The van der Waals surface area contributed by atoms with Crippen molar-refractivity contribution >= 4 is 5.91 Å². The minimum Gasteiger partial charge on any atom is -0.356 e. The molecule has 0 aliphatic rings. The first-order valence-electron chi connectivity index (χ1n) is 6.92. The number of aryl methyl sites for hydroxylation is 1. The van der Waals surface area contributed by atoms with E-state index < -0.39 is 0 Å². The molecule has 0 saturated carbocycles. The molecule has 0 unspecified atom stereocenters. The zero-order valence-electron chi connectivity index (χ0n) is 11.6. The van der Waals surface area contributed by atoms with Crippen molar-refractivity contribution in [3.63, 3.8) is 0 Å². The van der Waals surface area contributed by atoms with E-state index in [0.29, 0.717) is 0 Å². The van der Waals surface area contributed by atoms with Crippen molar-refractivity contribution in [1.82, 2.24) is 5.32 Å². The molecule has 19 heavy (non-hydrogen) atoms. The number of rotatable bonds is 8. The number of amides is 1. The topological polar surface area (TPSA) is 29.1 Å². The predicted octanol–water partition coefficient (Wildman–Crippen LogP) is 3.65. The summed E-state index contributed by atoms with van der Waals surface area (Å²) in [6.45, 7) is 0. The molecule has 0 radical (unpaired) electrons. The average Bonchev–Trinajstić information content (AvgIpc) is 2.46. The Bertz CT molecular complexity index is 407. The van der Waals surface area contributed by atoms with Gasteiger partial charge in [0, 0.05) is 13.1 Å². The molecule has 1 aromatic rings. The molecule has 1 N–H and O–H groups in total. The summed E-state index contributed by atoms with van der Waals surface area (Å²) in [7, 11) is 1.63. The third kappa shape index (κ3) is 7.98. The van der Waals surface area contributed by atoms with Crippen LogP contribution in [0.4, 0.5) is 0 Å². The molecule has 0 atom stereocenters. The number of carbonyl (C=O) groups excluding carboxylic acids is 1. The maximum absolute atomic E-state index is 10.9. The van der Waals surface area contributed by atoms with E-state index in [9.17, 15) is 4.79 Å². The minimum absolute atomic E-state index is 0.0625. The van der Waals surface area contributed by atoms with Crippen LogP contribution in [-0.2, 0) is 11.2 Å². The molecule has 102 valence electrons. The van der Waals surface area contributed by atoms with Gasteiger partial charge in [0.25, 0.3) is 0 Å². The molecular weight excluding hydrogens is 234 g/mol. The molecule has 0 heterocycles.